The van der Waals surface area contributed by atoms with E-state index in [4.69, 9.17) is 4.74 Å². The van der Waals surface area contributed by atoms with Crippen LogP contribution in [0.2, 0.25) is 0 Å². The number of benzene rings is 4. The van der Waals surface area contributed by atoms with E-state index in [1.807, 2.05) is 103 Å². The molecule has 4 rings (SSSR count). The van der Waals surface area contributed by atoms with E-state index in [0.29, 0.717) is 5.56 Å². The highest BCUT2D eigenvalue weighted by Gasteiger charge is 2.19. The molecule has 0 aliphatic heterocycles. The van der Waals surface area contributed by atoms with Crippen molar-refractivity contribution < 1.29 is 14.3 Å². The van der Waals surface area contributed by atoms with Gasteiger partial charge in [0.1, 0.15) is 0 Å². The van der Waals surface area contributed by atoms with Crippen LogP contribution in [-0.2, 0) is 9.53 Å². The third-order valence-electron chi connectivity index (χ3n) is 5.14. The largest absolute Gasteiger partial charge is 0.452 e. The zero-order chi connectivity index (χ0) is 22.2. The van der Waals surface area contributed by atoms with Crippen LogP contribution >= 0.6 is 0 Å². The molecule has 0 radical (unpaired) electrons. The molecule has 0 bridgehead atoms. The van der Waals surface area contributed by atoms with E-state index in [1.165, 1.54) is 0 Å². The molecule has 158 valence electrons. The van der Waals surface area contributed by atoms with Crippen LogP contribution in [-0.4, -0.2) is 18.5 Å². The van der Waals surface area contributed by atoms with Gasteiger partial charge in [0.25, 0.3) is 5.91 Å². The van der Waals surface area contributed by atoms with Gasteiger partial charge in [0.2, 0.25) is 0 Å². The van der Waals surface area contributed by atoms with Crippen LogP contribution in [0.3, 0.4) is 0 Å². The number of carbonyl (C=O) groups is 2. The second-order valence-corrected chi connectivity index (χ2v) is 7.31. The third kappa shape index (κ3) is 5.10. The summed E-state index contributed by atoms with van der Waals surface area (Å²) >= 11 is 0. The minimum absolute atomic E-state index is 0.333. The number of rotatable bonds is 7. The van der Waals surface area contributed by atoms with Gasteiger partial charge in [-0.3, -0.25) is 4.79 Å². The van der Waals surface area contributed by atoms with E-state index >= 15 is 0 Å². The van der Waals surface area contributed by atoms with Crippen molar-refractivity contribution >= 4 is 11.9 Å². The average molecular weight is 421 g/mol. The molecular weight excluding hydrogens is 398 g/mol. The van der Waals surface area contributed by atoms with Gasteiger partial charge in [0, 0.05) is 0 Å². The Morgan fingerprint density at radius 2 is 1.16 bits per heavy atom. The third-order valence-corrected chi connectivity index (χ3v) is 5.14. The molecule has 0 saturated carbocycles. The molecule has 0 heterocycles. The normalized spacial score (nSPS) is 10.5. The van der Waals surface area contributed by atoms with E-state index < -0.39 is 5.97 Å². The first-order chi connectivity index (χ1) is 15.7. The first-order valence-corrected chi connectivity index (χ1v) is 10.4. The zero-order valence-electron chi connectivity index (χ0n) is 17.5. The fourth-order valence-electron chi connectivity index (χ4n) is 3.59. The summed E-state index contributed by atoms with van der Waals surface area (Å²) in [6, 6.07) is 35.9. The van der Waals surface area contributed by atoms with Gasteiger partial charge in [-0.15, -0.1) is 0 Å². The molecule has 4 aromatic rings. The maximum atomic E-state index is 12.8. The topological polar surface area (TPSA) is 55.4 Å². The van der Waals surface area contributed by atoms with Crippen LogP contribution in [0.15, 0.2) is 115 Å². The smallest absolute Gasteiger partial charge is 0.339 e. The number of hydrogen-bond donors (Lipinski definition) is 1. The number of hydrogen-bond acceptors (Lipinski definition) is 3. The van der Waals surface area contributed by atoms with Gasteiger partial charge < -0.3 is 10.1 Å². The van der Waals surface area contributed by atoms with E-state index in [1.54, 1.807) is 12.1 Å². The summed E-state index contributed by atoms with van der Waals surface area (Å²) in [7, 11) is 0. The van der Waals surface area contributed by atoms with Crippen molar-refractivity contribution in [3.63, 3.8) is 0 Å². The summed E-state index contributed by atoms with van der Waals surface area (Å²) in [5.41, 5.74) is 4.01. The highest BCUT2D eigenvalue weighted by atomic mass is 16.5. The molecule has 32 heavy (non-hydrogen) atoms. The minimum atomic E-state index is -0.532. The van der Waals surface area contributed by atoms with Crippen LogP contribution in [0.25, 0.3) is 11.1 Å². The van der Waals surface area contributed by atoms with Crippen LogP contribution < -0.4 is 5.32 Å². The molecule has 1 N–H and O–H groups in total. The van der Waals surface area contributed by atoms with E-state index in [0.717, 1.165) is 22.3 Å². The summed E-state index contributed by atoms with van der Waals surface area (Å²) in [6.45, 7) is -0.363. The average Bonchev–Trinajstić information content (AvgIpc) is 2.87. The molecular formula is C28H23NO3. The molecule has 0 aliphatic rings. The molecule has 0 unspecified atom stereocenters. The van der Waals surface area contributed by atoms with E-state index in [2.05, 4.69) is 5.32 Å². The molecule has 0 fully saturated rings. The molecule has 0 saturated heterocycles. The van der Waals surface area contributed by atoms with Crippen LogP contribution in [0.5, 0.6) is 0 Å². The first kappa shape index (κ1) is 21.1. The van der Waals surface area contributed by atoms with Gasteiger partial charge in [-0.2, -0.15) is 0 Å². The predicted molar refractivity (Wildman–Crippen MR) is 125 cm³/mol. The number of ether oxygens (including phenoxy) is 1. The Hall–Kier alpha value is -4.18. The Morgan fingerprint density at radius 1 is 0.656 bits per heavy atom. The Balaban J connectivity index is 1.46. The number of amides is 1. The summed E-state index contributed by atoms with van der Waals surface area (Å²) < 4.78 is 5.37. The SMILES string of the molecule is O=C(COC(=O)c1ccccc1-c1ccccc1)NC(c1ccccc1)c1ccccc1. The maximum Gasteiger partial charge on any atom is 0.339 e. The fraction of sp³-hybridized carbons (Fsp3) is 0.0714. The van der Waals surface area contributed by atoms with Gasteiger partial charge in [-0.25, -0.2) is 4.79 Å². The molecule has 4 heteroatoms. The molecule has 4 aromatic carbocycles. The lowest BCUT2D eigenvalue weighted by atomic mass is 9.99. The molecule has 0 aliphatic carbocycles. The number of carbonyl (C=O) groups excluding carboxylic acids is 2. The van der Waals surface area contributed by atoms with Crippen LogP contribution in [0.4, 0.5) is 0 Å². The lowest BCUT2D eigenvalue weighted by Crippen LogP contribution is -2.33. The Labute approximate surface area is 187 Å². The van der Waals surface area contributed by atoms with Gasteiger partial charge >= 0.3 is 5.97 Å². The second kappa shape index (κ2) is 10.2. The quantitative estimate of drug-likeness (QED) is 0.406. The zero-order valence-corrected chi connectivity index (χ0v) is 17.5. The fourth-order valence-corrected chi connectivity index (χ4v) is 3.59. The molecule has 0 aromatic heterocycles. The van der Waals surface area contributed by atoms with Gasteiger partial charge in [-0.1, -0.05) is 109 Å². The highest BCUT2D eigenvalue weighted by molar-refractivity contribution is 5.98. The first-order valence-electron chi connectivity index (χ1n) is 10.4. The lowest BCUT2D eigenvalue weighted by molar-refractivity contribution is -0.124. The Kier molecular flexibility index (Phi) is 6.73. The number of esters is 1. The summed E-state index contributed by atoms with van der Waals surface area (Å²) in [5.74, 6) is -0.899. The van der Waals surface area contributed by atoms with Gasteiger partial charge in [-0.05, 0) is 28.3 Å². The van der Waals surface area contributed by atoms with E-state index in [9.17, 15) is 9.59 Å². The molecule has 1 amide bonds. The highest BCUT2D eigenvalue weighted by Crippen LogP contribution is 2.24. The van der Waals surface area contributed by atoms with Crippen molar-refractivity contribution in [2.75, 3.05) is 6.61 Å². The summed E-state index contributed by atoms with van der Waals surface area (Å²) in [4.78, 5) is 25.5. The summed E-state index contributed by atoms with van der Waals surface area (Å²) in [5, 5.41) is 2.99. The van der Waals surface area contributed by atoms with Crippen molar-refractivity contribution in [2.24, 2.45) is 0 Å². The monoisotopic (exact) mass is 421 g/mol. The van der Waals surface area contributed by atoms with Crippen molar-refractivity contribution in [3.05, 3.63) is 132 Å². The predicted octanol–water partition coefficient (Wildman–Crippen LogP) is 5.42. The van der Waals surface area contributed by atoms with Crippen molar-refractivity contribution in [1.29, 1.82) is 0 Å². The lowest BCUT2D eigenvalue weighted by Gasteiger charge is -2.20. The summed E-state index contributed by atoms with van der Waals surface area (Å²) in [6.07, 6.45) is 0. The van der Waals surface area contributed by atoms with Crippen LogP contribution in [0, 0.1) is 0 Å². The van der Waals surface area contributed by atoms with Gasteiger partial charge in [0.05, 0.1) is 11.6 Å². The van der Waals surface area contributed by atoms with E-state index in [-0.39, 0.29) is 18.6 Å². The molecule has 4 nitrogen and oxygen atoms in total. The standard InChI is InChI=1S/C28H23NO3/c30-26(29-27(22-14-6-2-7-15-22)23-16-8-3-9-17-23)20-32-28(31)25-19-11-10-18-24(25)21-12-4-1-5-13-21/h1-19,27H,20H2,(H,29,30). The molecule has 0 atom stereocenters. The Morgan fingerprint density at radius 3 is 1.75 bits per heavy atom. The minimum Gasteiger partial charge on any atom is -0.452 e. The van der Waals surface area contributed by atoms with Crippen LogP contribution in [0.1, 0.15) is 27.5 Å². The Bertz CT molecular complexity index is 1140. The maximum absolute atomic E-state index is 12.8. The second-order valence-electron chi connectivity index (χ2n) is 7.31. The molecule has 0 spiro atoms. The van der Waals surface area contributed by atoms with Crippen molar-refractivity contribution in [2.45, 2.75) is 6.04 Å². The van der Waals surface area contributed by atoms with Crippen molar-refractivity contribution in [3.8, 4) is 11.1 Å². The van der Waals surface area contributed by atoms with Crippen molar-refractivity contribution in [1.82, 2.24) is 5.32 Å². The van der Waals surface area contributed by atoms with Gasteiger partial charge in [0.15, 0.2) is 6.61 Å². The number of nitrogens with one attached hydrogen (secondary N) is 1.